The van der Waals surface area contributed by atoms with E-state index in [1.165, 1.54) is 12.0 Å². The SMILES string of the molecule is C=CC1CN2CCC1CC2[C@H](OCc1ccccc1)c1c(NC(=S)NC)ccc2ccc(OC)cc12. The molecule has 2 bridgehead atoms. The molecule has 6 rings (SSSR count). The Bertz CT molecular complexity index is 1230. The molecule has 36 heavy (non-hydrogen) atoms. The zero-order chi connectivity index (χ0) is 25.1. The fourth-order valence-electron chi connectivity index (χ4n) is 5.89. The minimum atomic E-state index is -0.142. The van der Waals surface area contributed by atoms with Crippen molar-refractivity contribution in [2.45, 2.75) is 31.6 Å². The number of nitrogens with one attached hydrogen (secondary N) is 2. The Morgan fingerprint density at radius 1 is 1.19 bits per heavy atom. The fraction of sp³-hybridized carbons (Fsp3) is 0.367. The van der Waals surface area contributed by atoms with Gasteiger partial charge in [-0.15, -0.1) is 6.58 Å². The molecular formula is C30H35N3O2S. The van der Waals surface area contributed by atoms with Crippen LogP contribution in [0.3, 0.4) is 0 Å². The number of thiocarbonyl (C=S) groups is 1. The summed E-state index contributed by atoms with van der Waals surface area (Å²) in [6, 6.07) is 21.2. The van der Waals surface area contributed by atoms with E-state index in [1.54, 1.807) is 7.11 Å². The number of piperidine rings is 3. The molecule has 0 radical (unpaired) electrons. The van der Waals surface area contributed by atoms with Crippen LogP contribution < -0.4 is 15.4 Å². The fourth-order valence-corrected chi connectivity index (χ4v) is 6.00. The Morgan fingerprint density at radius 2 is 2.00 bits per heavy atom. The van der Waals surface area contributed by atoms with Gasteiger partial charge < -0.3 is 20.1 Å². The minimum Gasteiger partial charge on any atom is -0.497 e. The summed E-state index contributed by atoms with van der Waals surface area (Å²) < 4.78 is 12.5. The molecule has 6 heteroatoms. The molecule has 3 aromatic rings. The maximum atomic E-state index is 6.90. The molecule has 0 amide bonds. The number of fused-ring (bicyclic) bond motifs is 4. The van der Waals surface area contributed by atoms with Crippen LogP contribution >= 0.6 is 12.2 Å². The summed E-state index contributed by atoms with van der Waals surface area (Å²) in [4.78, 5) is 2.61. The Kier molecular flexibility index (Phi) is 7.56. The van der Waals surface area contributed by atoms with Crippen molar-refractivity contribution in [1.82, 2.24) is 10.2 Å². The van der Waals surface area contributed by atoms with Gasteiger partial charge in [-0.1, -0.05) is 48.5 Å². The highest BCUT2D eigenvalue weighted by Crippen LogP contribution is 2.46. The molecule has 5 atom stereocenters. The zero-order valence-corrected chi connectivity index (χ0v) is 21.9. The number of methoxy groups -OCH3 is 1. The van der Waals surface area contributed by atoms with Gasteiger partial charge in [0.05, 0.1) is 13.7 Å². The number of rotatable bonds is 8. The van der Waals surface area contributed by atoms with Crippen molar-refractivity contribution in [3.63, 3.8) is 0 Å². The van der Waals surface area contributed by atoms with Crippen LogP contribution in [-0.4, -0.2) is 43.3 Å². The Hall–Kier alpha value is -2.93. The Labute approximate surface area is 219 Å². The lowest BCUT2D eigenvalue weighted by molar-refractivity contribution is -0.0800. The first-order valence-corrected chi connectivity index (χ1v) is 13.1. The van der Waals surface area contributed by atoms with E-state index in [-0.39, 0.29) is 12.1 Å². The topological polar surface area (TPSA) is 45.8 Å². The first kappa shape index (κ1) is 24.8. The predicted octanol–water partition coefficient (Wildman–Crippen LogP) is 5.92. The summed E-state index contributed by atoms with van der Waals surface area (Å²) in [7, 11) is 3.55. The molecule has 3 fully saturated rings. The van der Waals surface area contributed by atoms with Gasteiger partial charge >= 0.3 is 0 Å². The third-order valence-corrected chi connectivity index (χ3v) is 8.11. The summed E-state index contributed by atoms with van der Waals surface area (Å²) in [5.74, 6) is 2.02. The van der Waals surface area contributed by atoms with E-state index in [0.29, 0.717) is 23.6 Å². The van der Waals surface area contributed by atoms with Crippen LogP contribution in [0.25, 0.3) is 10.8 Å². The van der Waals surface area contributed by atoms with E-state index in [1.807, 2.05) is 19.2 Å². The number of hydrogen-bond donors (Lipinski definition) is 2. The van der Waals surface area contributed by atoms with Crippen molar-refractivity contribution in [1.29, 1.82) is 0 Å². The van der Waals surface area contributed by atoms with Gasteiger partial charge in [0.15, 0.2) is 5.11 Å². The smallest absolute Gasteiger partial charge is 0.170 e. The van der Waals surface area contributed by atoms with E-state index >= 15 is 0 Å². The van der Waals surface area contributed by atoms with Crippen molar-refractivity contribution < 1.29 is 9.47 Å². The van der Waals surface area contributed by atoms with Crippen LogP contribution in [0.2, 0.25) is 0 Å². The highest BCUT2D eigenvalue weighted by atomic mass is 32.1. The first-order valence-electron chi connectivity index (χ1n) is 12.7. The molecule has 2 N–H and O–H groups in total. The largest absolute Gasteiger partial charge is 0.497 e. The highest BCUT2D eigenvalue weighted by Gasteiger charge is 2.44. The van der Waals surface area contributed by atoms with E-state index in [2.05, 4.69) is 76.7 Å². The molecule has 0 aliphatic carbocycles. The Balaban J connectivity index is 1.63. The zero-order valence-electron chi connectivity index (χ0n) is 21.1. The minimum absolute atomic E-state index is 0.142. The first-order chi connectivity index (χ1) is 17.6. The summed E-state index contributed by atoms with van der Waals surface area (Å²) >= 11 is 5.53. The van der Waals surface area contributed by atoms with Crippen molar-refractivity contribution >= 4 is 33.8 Å². The number of hydrogen-bond acceptors (Lipinski definition) is 4. The summed E-state index contributed by atoms with van der Waals surface area (Å²) in [5.41, 5.74) is 3.27. The standard InChI is InChI=1S/C30H35N3O2S/c1-4-21-18-33-15-14-23(21)16-27(33)29(35-19-20-8-6-5-7-9-20)28-25-17-24(34-3)12-10-22(25)11-13-26(28)32-30(36)31-2/h4-13,17,21,23,27,29H,1,14-16,18-19H2,2-3H3,(H2,31,32,36)/t21?,23?,27?,29-/m0/s1. The van der Waals surface area contributed by atoms with Gasteiger partial charge in [-0.2, -0.15) is 0 Å². The van der Waals surface area contributed by atoms with Crippen molar-refractivity contribution in [3.8, 4) is 5.75 Å². The van der Waals surface area contributed by atoms with Crippen LogP contribution in [-0.2, 0) is 11.3 Å². The highest BCUT2D eigenvalue weighted by molar-refractivity contribution is 7.80. The lowest BCUT2D eigenvalue weighted by Gasteiger charge is -2.51. The predicted molar refractivity (Wildman–Crippen MR) is 152 cm³/mol. The average molecular weight is 502 g/mol. The monoisotopic (exact) mass is 501 g/mol. The molecule has 3 aliphatic heterocycles. The molecule has 3 heterocycles. The van der Waals surface area contributed by atoms with Crippen LogP contribution in [0.5, 0.6) is 5.75 Å². The van der Waals surface area contributed by atoms with Crippen LogP contribution in [0, 0.1) is 11.8 Å². The van der Waals surface area contributed by atoms with Gasteiger partial charge in [0, 0.05) is 30.9 Å². The molecule has 0 aromatic heterocycles. The second-order valence-corrected chi connectivity index (χ2v) is 10.2. The van der Waals surface area contributed by atoms with Crippen molar-refractivity contribution in [3.05, 3.63) is 84.4 Å². The molecule has 3 saturated heterocycles. The van der Waals surface area contributed by atoms with Crippen molar-refractivity contribution in [2.75, 3.05) is 32.6 Å². The van der Waals surface area contributed by atoms with E-state index in [4.69, 9.17) is 21.7 Å². The van der Waals surface area contributed by atoms with Crippen LogP contribution in [0.1, 0.15) is 30.1 Å². The maximum Gasteiger partial charge on any atom is 0.170 e. The quantitative estimate of drug-likeness (QED) is 0.295. The molecule has 4 unspecified atom stereocenters. The molecule has 3 aromatic carbocycles. The van der Waals surface area contributed by atoms with Gasteiger partial charge in [0.25, 0.3) is 0 Å². The molecule has 0 saturated carbocycles. The molecule has 5 nitrogen and oxygen atoms in total. The lowest BCUT2D eigenvalue weighted by Crippen LogP contribution is -2.55. The van der Waals surface area contributed by atoms with Gasteiger partial charge in [-0.05, 0) is 78.0 Å². The van der Waals surface area contributed by atoms with Crippen LogP contribution in [0.4, 0.5) is 5.69 Å². The van der Waals surface area contributed by atoms with E-state index in [0.717, 1.165) is 47.3 Å². The molecule has 0 spiro atoms. The number of benzene rings is 3. The van der Waals surface area contributed by atoms with Gasteiger partial charge in [-0.25, -0.2) is 0 Å². The number of ether oxygens (including phenoxy) is 2. The van der Waals surface area contributed by atoms with E-state index < -0.39 is 0 Å². The lowest BCUT2D eigenvalue weighted by atomic mass is 9.73. The maximum absolute atomic E-state index is 6.90. The second kappa shape index (κ2) is 11.0. The van der Waals surface area contributed by atoms with Gasteiger partial charge in [0.2, 0.25) is 0 Å². The van der Waals surface area contributed by atoms with Gasteiger partial charge in [-0.3, -0.25) is 4.90 Å². The molecular weight excluding hydrogens is 466 g/mol. The number of nitrogens with zero attached hydrogens (tertiary/aromatic N) is 1. The third kappa shape index (κ3) is 4.99. The summed E-state index contributed by atoms with van der Waals surface area (Å²) in [5, 5.41) is 9.36. The van der Waals surface area contributed by atoms with Crippen molar-refractivity contribution in [2.24, 2.45) is 11.8 Å². The second-order valence-electron chi connectivity index (χ2n) is 9.78. The Morgan fingerprint density at radius 3 is 2.69 bits per heavy atom. The number of anilines is 1. The average Bonchev–Trinajstić information content (AvgIpc) is 2.94. The normalized spacial score (nSPS) is 23.7. The molecule has 188 valence electrons. The molecule has 3 aliphatic rings. The van der Waals surface area contributed by atoms with Gasteiger partial charge in [0.1, 0.15) is 11.9 Å². The summed E-state index contributed by atoms with van der Waals surface area (Å²) in [6.07, 6.45) is 4.31. The third-order valence-electron chi connectivity index (χ3n) is 7.81. The van der Waals surface area contributed by atoms with Crippen LogP contribution in [0.15, 0.2) is 73.3 Å². The van der Waals surface area contributed by atoms with E-state index in [9.17, 15) is 0 Å². The summed E-state index contributed by atoms with van der Waals surface area (Å²) in [6.45, 7) is 6.79.